The number of carbonyl (C=O) groups excluding carboxylic acids is 1. The number of aldehydes is 1. The summed E-state index contributed by atoms with van der Waals surface area (Å²) in [6, 6.07) is 19.2. The first-order valence-electron chi connectivity index (χ1n) is 8.16. The van der Waals surface area contributed by atoms with E-state index in [0.29, 0.717) is 0 Å². The van der Waals surface area contributed by atoms with E-state index in [-0.39, 0.29) is 0 Å². The van der Waals surface area contributed by atoms with Crippen molar-refractivity contribution in [3.8, 4) is 0 Å². The van der Waals surface area contributed by atoms with E-state index in [1.165, 1.54) is 0 Å². The second-order valence-electron chi connectivity index (χ2n) is 5.93. The lowest BCUT2D eigenvalue weighted by molar-refractivity contribution is -0.105. The first-order chi connectivity index (χ1) is 11.3. The average molecular weight is 324 g/mol. The summed E-state index contributed by atoms with van der Waals surface area (Å²) in [6.45, 7) is 0. The maximum Gasteiger partial charge on any atom is 0.167 e. The molecule has 0 heterocycles. The number of allylic oxidation sites excluding steroid dienone is 2. The minimum Gasteiger partial charge on any atom is -0.309 e. The second kappa shape index (κ2) is 7.10. The first-order valence-corrected chi connectivity index (χ1v) is 9.86. The van der Waals surface area contributed by atoms with Crippen LogP contribution in [0.3, 0.4) is 0 Å². The Morgan fingerprint density at radius 3 is 1.78 bits per heavy atom. The molecular weight excluding hydrogens is 303 g/mol. The smallest absolute Gasteiger partial charge is 0.167 e. The molecule has 3 rings (SSSR count). The average Bonchev–Trinajstić information content (AvgIpc) is 2.88. The van der Waals surface area contributed by atoms with Crippen molar-refractivity contribution in [2.24, 2.45) is 0 Å². The molecule has 2 aromatic carbocycles. The van der Waals surface area contributed by atoms with Gasteiger partial charge in [0, 0.05) is 15.9 Å². The van der Waals surface area contributed by atoms with Gasteiger partial charge >= 0.3 is 0 Å². The number of rotatable bonds is 4. The van der Waals surface area contributed by atoms with Crippen molar-refractivity contribution in [2.45, 2.75) is 32.1 Å². The summed E-state index contributed by atoms with van der Waals surface area (Å²) in [4.78, 5) is 11.7. The van der Waals surface area contributed by atoms with Crippen LogP contribution in [0.5, 0.6) is 0 Å². The van der Waals surface area contributed by atoms with Gasteiger partial charge in [-0.3, -0.25) is 4.79 Å². The standard InChI is InChI=1S/C20H21O2P/c21-16-17-10-4-1-9-15-20(17)23(22,18-11-5-2-6-12-18)19-13-7-3-8-14-19/h2-3,5-8,11-14,16H,1,4,9-10,15H2. The Morgan fingerprint density at radius 2 is 1.26 bits per heavy atom. The van der Waals surface area contributed by atoms with Crippen LogP contribution in [0.15, 0.2) is 71.6 Å². The van der Waals surface area contributed by atoms with E-state index in [1.54, 1.807) is 0 Å². The van der Waals surface area contributed by atoms with Gasteiger partial charge < -0.3 is 4.57 Å². The van der Waals surface area contributed by atoms with Gasteiger partial charge in [-0.25, -0.2) is 0 Å². The van der Waals surface area contributed by atoms with E-state index in [0.717, 1.165) is 59.9 Å². The molecule has 0 fully saturated rings. The van der Waals surface area contributed by atoms with Gasteiger partial charge in [-0.15, -0.1) is 0 Å². The summed E-state index contributed by atoms with van der Waals surface area (Å²) in [5.41, 5.74) is 0.749. The molecule has 1 aliphatic rings. The van der Waals surface area contributed by atoms with Crippen LogP contribution in [0, 0.1) is 0 Å². The highest BCUT2D eigenvalue weighted by atomic mass is 31.2. The van der Waals surface area contributed by atoms with E-state index in [1.807, 2.05) is 60.7 Å². The summed E-state index contributed by atoms with van der Waals surface area (Å²) < 4.78 is 14.3. The summed E-state index contributed by atoms with van der Waals surface area (Å²) in [5, 5.41) is 2.51. The van der Waals surface area contributed by atoms with Gasteiger partial charge in [0.25, 0.3) is 0 Å². The normalized spacial score (nSPS) is 16.0. The Morgan fingerprint density at radius 1 is 0.739 bits per heavy atom. The number of hydrogen-bond acceptors (Lipinski definition) is 2. The Bertz CT molecular complexity index is 704. The van der Waals surface area contributed by atoms with E-state index in [2.05, 4.69) is 0 Å². The minimum absolute atomic E-state index is 0.739. The maximum absolute atomic E-state index is 14.3. The molecule has 2 nitrogen and oxygen atoms in total. The molecule has 2 aromatic rings. The molecule has 0 unspecified atom stereocenters. The third kappa shape index (κ3) is 3.09. The summed E-state index contributed by atoms with van der Waals surface area (Å²) in [7, 11) is -2.95. The molecule has 0 amide bonds. The van der Waals surface area contributed by atoms with E-state index in [9.17, 15) is 9.36 Å². The molecule has 0 saturated carbocycles. The summed E-state index contributed by atoms with van der Waals surface area (Å²) in [6.07, 6.45) is 5.50. The fraction of sp³-hybridized carbons (Fsp3) is 0.250. The highest BCUT2D eigenvalue weighted by Crippen LogP contribution is 2.55. The zero-order valence-electron chi connectivity index (χ0n) is 13.2. The van der Waals surface area contributed by atoms with Crippen molar-refractivity contribution in [3.63, 3.8) is 0 Å². The van der Waals surface area contributed by atoms with Crippen molar-refractivity contribution in [1.29, 1.82) is 0 Å². The van der Waals surface area contributed by atoms with Gasteiger partial charge in [0.2, 0.25) is 0 Å². The lowest BCUT2D eigenvalue weighted by Gasteiger charge is -2.23. The van der Waals surface area contributed by atoms with Crippen LogP contribution in [-0.4, -0.2) is 6.29 Å². The third-order valence-corrected chi connectivity index (χ3v) is 7.81. The SMILES string of the molecule is O=CC1=C(P(=O)(c2ccccc2)c2ccccc2)CCCCC1. The van der Waals surface area contributed by atoms with Gasteiger partial charge in [-0.2, -0.15) is 0 Å². The largest absolute Gasteiger partial charge is 0.309 e. The van der Waals surface area contributed by atoms with Crippen LogP contribution in [0.2, 0.25) is 0 Å². The van der Waals surface area contributed by atoms with Crippen molar-refractivity contribution in [2.75, 3.05) is 0 Å². The van der Waals surface area contributed by atoms with Crippen LogP contribution >= 0.6 is 7.14 Å². The van der Waals surface area contributed by atoms with Gasteiger partial charge in [-0.1, -0.05) is 67.1 Å². The molecule has 1 aliphatic carbocycles. The second-order valence-corrected chi connectivity index (χ2v) is 8.72. The minimum atomic E-state index is -2.95. The number of carbonyl (C=O) groups is 1. The molecule has 0 atom stereocenters. The molecule has 0 N–H and O–H groups in total. The first kappa shape index (κ1) is 16.0. The van der Waals surface area contributed by atoms with Crippen LogP contribution in [0.1, 0.15) is 32.1 Å². The van der Waals surface area contributed by atoms with E-state index >= 15 is 0 Å². The predicted octanol–water partition coefficient (Wildman–Crippen LogP) is 4.42. The molecule has 23 heavy (non-hydrogen) atoms. The fourth-order valence-corrected chi connectivity index (χ4v) is 6.46. The van der Waals surface area contributed by atoms with Crippen molar-refractivity contribution < 1.29 is 9.36 Å². The number of benzene rings is 2. The third-order valence-electron chi connectivity index (χ3n) is 4.49. The van der Waals surface area contributed by atoms with E-state index in [4.69, 9.17) is 0 Å². The van der Waals surface area contributed by atoms with Crippen molar-refractivity contribution in [1.82, 2.24) is 0 Å². The van der Waals surface area contributed by atoms with Gasteiger partial charge in [0.15, 0.2) is 7.14 Å². The molecule has 118 valence electrons. The van der Waals surface area contributed by atoms with Crippen LogP contribution < -0.4 is 10.6 Å². The van der Waals surface area contributed by atoms with Crippen molar-refractivity contribution >= 4 is 24.0 Å². The topological polar surface area (TPSA) is 34.1 Å². The summed E-state index contributed by atoms with van der Waals surface area (Å²) >= 11 is 0. The zero-order chi connectivity index (χ0) is 16.1. The Kier molecular flexibility index (Phi) is 4.93. The lowest BCUT2D eigenvalue weighted by atomic mass is 10.1. The molecule has 0 spiro atoms. The van der Waals surface area contributed by atoms with Crippen molar-refractivity contribution in [3.05, 3.63) is 71.6 Å². The van der Waals surface area contributed by atoms with Gasteiger partial charge in [0.05, 0.1) is 0 Å². The Balaban J connectivity index is 2.26. The molecule has 0 bridgehead atoms. The Labute approximate surface area is 137 Å². The van der Waals surface area contributed by atoms with Gasteiger partial charge in [-0.05, 0) is 31.3 Å². The highest BCUT2D eigenvalue weighted by Gasteiger charge is 2.34. The molecular formula is C20H21O2P. The summed E-state index contributed by atoms with van der Waals surface area (Å²) in [5.74, 6) is 0. The van der Waals surface area contributed by atoms with E-state index < -0.39 is 7.14 Å². The lowest BCUT2D eigenvalue weighted by Crippen LogP contribution is -2.18. The maximum atomic E-state index is 14.3. The Hall–Kier alpha value is -1.92. The molecule has 0 radical (unpaired) electrons. The van der Waals surface area contributed by atoms with Gasteiger partial charge in [0.1, 0.15) is 6.29 Å². The van der Waals surface area contributed by atoms with Crippen LogP contribution in [0.4, 0.5) is 0 Å². The molecule has 0 aromatic heterocycles. The quantitative estimate of drug-likeness (QED) is 0.616. The fourth-order valence-electron chi connectivity index (χ4n) is 3.31. The molecule has 0 saturated heterocycles. The zero-order valence-corrected chi connectivity index (χ0v) is 14.0. The van der Waals surface area contributed by atoms with Crippen LogP contribution in [-0.2, 0) is 9.36 Å². The monoisotopic (exact) mass is 324 g/mol. The number of hydrogen-bond donors (Lipinski definition) is 0. The predicted molar refractivity (Wildman–Crippen MR) is 95.9 cm³/mol. The molecule has 0 aliphatic heterocycles. The van der Waals surface area contributed by atoms with Crippen LogP contribution in [0.25, 0.3) is 0 Å². The highest BCUT2D eigenvalue weighted by molar-refractivity contribution is 7.82. The molecule has 3 heteroatoms.